The zero-order valence-electron chi connectivity index (χ0n) is 51.5. The van der Waals surface area contributed by atoms with Crippen LogP contribution in [0.25, 0.3) is 0 Å². The van der Waals surface area contributed by atoms with Gasteiger partial charge >= 0.3 is 17.9 Å². The summed E-state index contributed by atoms with van der Waals surface area (Å²) in [6.07, 6.45) is 83.9. The van der Waals surface area contributed by atoms with E-state index < -0.39 is 6.10 Å². The first-order chi connectivity index (χ1) is 38.0. The van der Waals surface area contributed by atoms with Crippen LogP contribution in [0.5, 0.6) is 0 Å². The van der Waals surface area contributed by atoms with E-state index in [4.69, 9.17) is 14.2 Å². The van der Waals surface area contributed by atoms with Gasteiger partial charge in [-0.1, -0.05) is 306 Å². The average Bonchev–Trinajstić information content (AvgIpc) is 3.43. The first kappa shape index (κ1) is 74.1. The predicted octanol–water partition coefficient (Wildman–Crippen LogP) is 23.1. The maximum Gasteiger partial charge on any atom is 0.306 e. The van der Waals surface area contributed by atoms with Gasteiger partial charge in [0, 0.05) is 19.3 Å². The Bertz CT molecular complexity index is 1380. The van der Waals surface area contributed by atoms with Crippen LogP contribution in [0.15, 0.2) is 60.8 Å². The Morgan fingerprint density at radius 3 is 0.727 bits per heavy atom. The number of carbonyl (C=O) groups is 3. The molecule has 6 heteroatoms. The van der Waals surface area contributed by atoms with Gasteiger partial charge in [0.2, 0.25) is 0 Å². The minimum atomic E-state index is -0.774. The van der Waals surface area contributed by atoms with Gasteiger partial charge in [0.15, 0.2) is 6.10 Å². The lowest BCUT2D eigenvalue weighted by Crippen LogP contribution is -2.30. The molecular formula is C71H128O6. The second kappa shape index (κ2) is 65.6. The Morgan fingerprint density at radius 2 is 0.468 bits per heavy atom. The van der Waals surface area contributed by atoms with Crippen molar-refractivity contribution in [3.63, 3.8) is 0 Å². The zero-order chi connectivity index (χ0) is 55.7. The predicted molar refractivity (Wildman–Crippen MR) is 335 cm³/mol. The van der Waals surface area contributed by atoms with Gasteiger partial charge < -0.3 is 14.2 Å². The second-order valence-electron chi connectivity index (χ2n) is 22.7. The number of hydrogen-bond acceptors (Lipinski definition) is 6. The van der Waals surface area contributed by atoms with Crippen LogP contribution in [0.4, 0.5) is 0 Å². The summed E-state index contributed by atoms with van der Waals surface area (Å²) >= 11 is 0. The quantitative estimate of drug-likeness (QED) is 0.0261. The van der Waals surface area contributed by atoms with Crippen molar-refractivity contribution in [2.75, 3.05) is 13.2 Å². The van der Waals surface area contributed by atoms with Crippen LogP contribution in [0.1, 0.15) is 355 Å². The molecule has 0 rings (SSSR count). The van der Waals surface area contributed by atoms with E-state index in [1.54, 1.807) is 0 Å². The summed E-state index contributed by atoms with van der Waals surface area (Å²) in [7, 11) is 0. The lowest BCUT2D eigenvalue weighted by Gasteiger charge is -2.18. The Hall–Kier alpha value is -2.89. The first-order valence-corrected chi connectivity index (χ1v) is 33.8. The van der Waals surface area contributed by atoms with Gasteiger partial charge in [0.1, 0.15) is 13.2 Å². The van der Waals surface area contributed by atoms with Crippen molar-refractivity contribution in [2.24, 2.45) is 0 Å². The van der Waals surface area contributed by atoms with E-state index in [1.807, 2.05) is 0 Å². The molecule has 1 unspecified atom stereocenters. The molecule has 0 heterocycles. The van der Waals surface area contributed by atoms with Crippen molar-refractivity contribution >= 4 is 17.9 Å². The van der Waals surface area contributed by atoms with Crippen LogP contribution in [0, 0.1) is 0 Å². The largest absolute Gasteiger partial charge is 0.462 e. The highest BCUT2D eigenvalue weighted by atomic mass is 16.6. The van der Waals surface area contributed by atoms with Crippen molar-refractivity contribution in [3.05, 3.63) is 60.8 Å². The van der Waals surface area contributed by atoms with Crippen LogP contribution in [0.2, 0.25) is 0 Å². The molecule has 0 spiro atoms. The topological polar surface area (TPSA) is 78.9 Å². The molecule has 0 aliphatic rings. The molecular weight excluding hydrogens is 949 g/mol. The molecule has 0 saturated heterocycles. The number of esters is 3. The lowest BCUT2D eigenvalue weighted by molar-refractivity contribution is -0.167. The van der Waals surface area contributed by atoms with Gasteiger partial charge in [-0.2, -0.15) is 0 Å². The fourth-order valence-corrected chi connectivity index (χ4v) is 9.89. The lowest BCUT2D eigenvalue weighted by atomic mass is 10.0. The molecule has 0 aliphatic carbocycles. The maximum absolute atomic E-state index is 12.9. The van der Waals surface area contributed by atoms with Gasteiger partial charge in [0.25, 0.3) is 0 Å². The summed E-state index contributed by atoms with van der Waals surface area (Å²) in [5.41, 5.74) is 0. The van der Waals surface area contributed by atoms with E-state index in [0.717, 1.165) is 77.0 Å². The number of rotatable bonds is 62. The molecule has 0 aromatic rings. The SMILES string of the molecule is CCCCCCC/C=C\C/C=C\C/C=C\CCCCCCCCCCCCC(=O)OCC(COC(=O)CCCCCCCCCCC)OC(=O)CCCCCCCCCCCCCCC/C=C\C/C=C\CCCCCCC. The van der Waals surface area contributed by atoms with E-state index in [9.17, 15) is 14.4 Å². The normalized spacial score (nSPS) is 12.4. The van der Waals surface area contributed by atoms with Crippen molar-refractivity contribution in [1.29, 1.82) is 0 Å². The summed E-state index contributed by atoms with van der Waals surface area (Å²) in [4.78, 5) is 38.2. The average molecular weight is 1080 g/mol. The number of carbonyl (C=O) groups excluding carboxylic acids is 3. The Morgan fingerprint density at radius 1 is 0.260 bits per heavy atom. The third-order valence-electron chi connectivity index (χ3n) is 15.0. The molecule has 0 aliphatic heterocycles. The second-order valence-corrected chi connectivity index (χ2v) is 22.7. The fourth-order valence-electron chi connectivity index (χ4n) is 9.89. The smallest absolute Gasteiger partial charge is 0.306 e. The monoisotopic (exact) mass is 1080 g/mol. The summed E-state index contributed by atoms with van der Waals surface area (Å²) in [5, 5.41) is 0. The number of allylic oxidation sites excluding steroid dienone is 10. The highest BCUT2D eigenvalue weighted by Gasteiger charge is 2.19. The van der Waals surface area contributed by atoms with Gasteiger partial charge in [-0.25, -0.2) is 0 Å². The van der Waals surface area contributed by atoms with E-state index in [-0.39, 0.29) is 31.1 Å². The van der Waals surface area contributed by atoms with Crippen molar-refractivity contribution < 1.29 is 28.6 Å². The molecule has 0 bridgehead atoms. The number of ether oxygens (including phenoxy) is 3. The van der Waals surface area contributed by atoms with E-state index in [1.165, 1.54) is 238 Å². The van der Waals surface area contributed by atoms with Crippen LogP contribution < -0.4 is 0 Å². The fraction of sp³-hybridized carbons (Fsp3) is 0.817. The molecule has 0 aromatic carbocycles. The highest BCUT2D eigenvalue weighted by molar-refractivity contribution is 5.71. The van der Waals surface area contributed by atoms with Crippen LogP contribution in [0.3, 0.4) is 0 Å². The van der Waals surface area contributed by atoms with E-state index in [0.29, 0.717) is 19.3 Å². The third kappa shape index (κ3) is 63.8. The third-order valence-corrected chi connectivity index (χ3v) is 15.0. The molecule has 0 fully saturated rings. The minimum absolute atomic E-state index is 0.0722. The molecule has 448 valence electrons. The van der Waals surface area contributed by atoms with E-state index >= 15 is 0 Å². The minimum Gasteiger partial charge on any atom is -0.462 e. The zero-order valence-corrected chi connectivity index (χ0v) is 51.5. The van der Waals surface area contributed by atoms with Crippen molar-refractivity contribution in [1.82, 2.24) is 0 Å². The molecule has 0 aromatic heterocycles. The van der Waals surface area contributed by atoms with Gasteiger partial charge in [-0.05, 0) is 89.9 Å². The molecule has 0 amide bonds. The summed E-state index contributed by atoms with van der Waals surface area (Å²) < 4.78 is 16.9. The van der Waals surface area contributed by atoms with Crippen molar-refractivity contribution in [3.8, 4) is 0 Å². The molecule has 0 radical (unpaired) electrons. The van der Waals surface area contributed by atoms with Gasteiger partial charge in [-0.3, -0.25) is 14.4 Å². The molecule has 77 heavy (non-hydrogen) atoms. The van der Waals surface area contributed by atoms with Crippen LogP contribution in [-0.4, -0.2) is 37.2 Å². The Kier molecular flexibility index (Phi) is 63.2. The maximum atomic E-state index is 12.9. The van der Waals surface area contributed by atoms with Gasteiger partial charge in [0.05, 0.1) is 0 Å². The molecule has 0 saturated carbocycles. The van der Waals surface area contributed by atoms with Crippen molar-refractivity contribution in [2.45, 2.75) is 361 Å². The first-order valence-electron chi connectivity index (χ1n) is 33.8. The summed E-state index contributed by atoms with van der Waals surface area (Å²) in [5.74, 6) is -0.861. The summed E-state index contributed by atoms with van der Waals surface area (Å²) in [6.45, 7) is 6.64. The number of unbranched alkanes of at least 4 members (excludes halogenated alkanes) is 41. The molecule has 6 nitrogen and oxygen atoms in total. The highest BCUT2D eigenvalue weighted by Crippen LogP contribution is 2.17. The molecule has 1 atom stereocenters. The van der Waals surface area contributed by atoms with E-state index in [2.05, 4.69) is 81.5 Å². The van der Waals surface area contributed by atoms with Gasteiger partial charge in [-0.15, -0.1) is 0 Å². The number of hydrogen-bond donors (Lipinski definition) is 0. The molecule has 0 N–H and O–H groups in total. The Balaban J connectivity index is 4.18. The summed E-state index contributed by atoms with van der Waals surface area (Å²) in [6, 6.07) is 0. The van der Waals surface area contributed by atoms with Crippen LogP contribution in [-0.2, 0) is 28.6 Å². The Labute approximate surface area is 479 Å². The standard InChI is InChI=1S/C71H128O6/c1-4-7-10-13-16-19-21-23-25-27-29-31-33-35-37-39-41-43-45-47-49-52-55-58-61-64-70(73)76-67-68(66-75-69(72)63-60-57-54-51-18-15-12-9-6-3)77-71(74)65-62-59-56-53-50-48-46-44-42-40-38-36-34-32-30-28-26-24-22-20-17-14-11-8-5-2/h21-24,27-30,33,35,68H,4-20,25-26,31-32,34,36-67H2,1-3H3/b23-21-,24-22-,29-27-,30-28-,35-33-. The van der Waals surface area contributed by atoms with Crippen LogP contribution >= 0.6 is 0 Å².